The van der Waals surface area contributed by atoms with Gasteiger partial charge in [-0.15, -0.1) is 10.2 Å². The second-order valence-corrected chi connectivity index (χ2v) is 4.92. The summed E-state index contributed by atoms with van der Waals surface area (Å²) in [5.74, 6) is 0.617. The van der Waals surface area contributed by atoms with Crippen molar-refractivity contribution in [2.75, 3.05) is 10.6 Å². The molecule has 0 unspecified atom stereocenters. The van der Waals surface area contributed by atoms with Crippen molar-refractivity contribution in [2.45, 2.75) is 25.8 Å². The van der Waals surface area contributed by atoms with Crippen molar-refractivity contribution < 1.29 is 4.79 Å². The van der Waals surface area contributed by atoms with E-state index in [0.29, 0.717) is 18.8 Å². The highest BCUT2D eigenvalue weighted by Gasteiger charge is 2.23. The molecule has 0 fully saturated rings. The number of nitrogen functional groups attached to an aromatic ring is 1. The fraction of sp³-hybridized carbons (Fsp3) is 0.385. The molecule has 0 aliphatic carbocycles. The molecular weight excluding hydrogens is 256 g/mol. The first kappa shape index (κ1) is 12.6. The molecule has 1 aliphatic heterocycles. The maximum absolute atomic E-state index is 12.3. The fourth-order valence-electron chi connectivity index (χ4n) is 2.47. The van der Waals surface area contributed by atoms with Gasteiger partial charge in [0.15, 0.2) is 5.82 Å². The van der Waals surface area contributed by atoms with E-state index in [0.717, 1.165) is 29.8 Å². The van der Waals surface area contributed by atoms with E-state index in [4.69, 9.17) is 5.73 Å². The van der Waals surface area contributed by atoms with Crippen LogP contribution in [0.25, 0.3) is 0 Å². The molecule has 1 aromatic carbocycles. The van der Waals surface area contributed by atoms with Gasteiger partial charge < -0.3 is 10.6 Å². The molecule has 7 heteroatoms. The van der Waals surface area contributed by atoms with E-state index >= 15 is 0 Å². The molecule has 0 spiro atoms. The highest BCUT2D eigenvalue weighted by atomic mass is 16.2. The normalized spacial score (nSPS) is 15.1. The van der Waals surface area contributed by atoms with Gasteiger partial charge in [-0.3, -0.25) is 4.79 Å². The average Bonchev–Trinajstić information content (AvgIpc) is 2.75. The van der Waals surface area contributed by atoms with Gasteiger partial charge in [0.2, 0.25) is 5.91 Å². The number of aryl methyl sites for hydroxylation is 2. The summed E-state index contributed by atoms with van der Waals surface area (Å²) >= 11 is 0. The van der Waals surface area contributed by atoms with Gasteiger partial charge in [-0.05, 0) is 41.8 Å². The quantitative estimate of drug-likeness (QED) is 0.811. The van der Waals surface area contributed by atoms with Gasteiger partial charge in [-0.25, -0.2) is 0 Å². The van der Waals surface area contributed by atoms with Crippen molar-refractivity contribution in [3.63, 3.8) is 0 Å². The van der Waals surface area contributed by atoms with Crippen LogP contribution in [0.2, 0.25) is 0 Å². The van der Waals surface area contributed by atoms with E-state index in [-0.39, 0.29) is 5.91 Å². The van der Waals surface area contributed by atoms with Gasteiger partial charge in [0.05, 0.1) is 13.6 Å². The lowest BCUT2D eigenvalue weighted by atomic mass is 10.1. The maximum Gasteiger partial charge on any atom is 0.227 e. The fourth-order valence-corrected chi connectivity index (χ4v) is 2.47. The zero-order valence-electron chi connectivity index (χ0n) is 11.3. The zero-order chi connectivity index (χ0) is 14.1. The Balaban J connectivity index is 1.97. The summed E-state index contributed by atoms with van der Waals surface area (Å²) in [6, 6.07) is 5.64. The number of carbonyl (C=O) groups is 1. The molecule has 0 saturated heterocycles. The van der Waals surface area contributed by atoms with Crippen LogP contribution in [0.4, 0.5) is 11.4 Å². The smallest absolute Gasteiger partial charge is 0.227 e. The SMILES string of the molecule is Cn1nnc(CN2C(=O)CCCc3cc(N)ccc32)n1. The molecule has 0 saturated carbocycles. The molecule has 2 heterocycles. The second kappa shape index (κ2) is 4.92. The number of tetrazole rings is 1. The van der Waals surface area contributed by atoms with Crippen LogP contribution in [-0.4, -0.2) is 26.1 Å². The summed E-state index contributed by atoms with van der Waals surface area (Å²) in [6.45, 7) is 0.337. The molecule has 7 nitrogen and oxygen atoms in total. The minimum atomic E-state index is 0.0842. The molecule has 3 rings (SSSR count). The maximum atomic E-state index is 12.3. The van der Waals surface area contributed by atoms with Gasteiger partial charge in [0.1, 0.15) is 0 Å². The third-order valence-corrected chi connectivity index (χ3v) is 3.38. The summed E-state index contributed by atoms with van der Waals surface area (Å²) in [5.41, 5.74) is 8.54. The number of nitrogens with two attached hydrogens (primary N) is 1. The van der Waals surface area contributed by atoms with E-state index in [2.05, 4.69) is 15.4 Å². The van der Waals surface area contributed by atoms with Crippen molar-refractivity contribution in [3.05, 3.63) is 29.6 Å². The van der Waals surface area contributed by atoms with Crippen molar-refractivity contribution in [1.82, 2.24) is 20.2 Å². The van der Waals surface area contributed by atoms with E-state index < -0.39 is 0 Å². The van der Waals surface area contributed by atoms with Gasteiger partial charge in [-0.1, -0.05) is 0 Å². The third kappa shape index (κ3) is 2.34. The van der Waals surface area contributed by atoms with Crippen LogP contribution in [0.5, 0.6) is 0 Å². The Morgan fingerprint density at radius 1 is 1.35 bits per heavy atom. The molecule has 2 aromatic rings. The van der Waals surface area contributed by atoms with E-state index in [1.807, 2.05) is 18.2 Å². The average molecular weight is 272 g/mol. The van der Waals surface area contributed by atoms with Gasteiger partial charge in [-0.2, -0.15) is 4.80 Å². The number of benzene rings is 1. The Hall–Kier alpha value is -2.44. The first-order valence-corrected chi connectivity index (χ1v) is 6.55. The minimum absolute atomic E-state index is 0.0842. The van der Waals surface area contributed by atoms with Crippen LogP contribution in [0.15, 0.2) is 18.2 Å². The highest BCUT2D eigenvalue weighted by molar-refractivity contribution is 5.94. The van der Waals surface area contributed by atoms with Crippen LogP contribution in [-0.2, 0) is 24.8 Å². The summed E-state index contributed by atoms with van der Waals surface area (Å²) in [7, 11) is 1.70. The summed E-state index contributed by atoms with van der Waals surface area (Å²) in [5, 5.41) is 11.9. The first-order valence-electron chi connectivity index (χ1n) is 6.55. The third-order valence-electron chi connectivity index (χ3n) is 3.38. The molecule has 1 aromatic heterocycles. The highest BCUT2D eigenvalue weighted by Crippen LogP contribution is 2.29. The number of anilines is 2. The number of nitrogens with zero attached hydrogens (tertiary/aromatic N) is 5. The molecule has 1 aliphatic rings. The van der Waals surface area contributed by atoms with Crippen LogP contribution >= 0.6 is 0 Å². The Morgan fingerprint density at radius 3 is 2.95 bits per heavy atom. The van der Waals surface area contributed by atoms with Crippen molar-refractivity contribution >= 4 is 17.3 Å². The van der Waals surface area contributed by atoms with Gasteiger partial charge >= 0.3 is 0 Å². The van der Waals surface area contributed by atoms with Crippen molar-refractivity contribution in [1.29, 1.82) is 0 Å². The van der Waals surface area contributed by atoms with Crippen molar-refractivity contribution in [2.24, 2.45) is 7.05 Å². The van der Waals surface area contributed by atoms with E-state index in [1.54, 1.807) is 11.9 Å². The summed E-state index contributed by atoms with van der Waals surface area (Å²) < 4.78 is 0. The monoisotopic (exact) mass is 272 g/mol. The topological polar surface area (TPSA) is 89.9 Å². The van der Waals surface area contributed by atoms with Crippen LogP contribution in [0, 0.1) is 0 Å². The lowest BCUT2D eigenvalue weighted by molar-refractivity contribution is -0.118. The number of carbonyl (C=O) groups excluding carboxylic acids is 1. The second-order valence-electron chi connectivity index (χ2n) is 4.92. The standard InChI is InChI=1S/C13H16N6O/c1-18-16-12(15-17-18)8-19-11-6-5-10(14)7-9(11)3-2-4-13(19)20/h5-7H,2-4,8,14H2,1H3. The molecule has 104 valence electrons. The number of hydrogen-bond acceptors (Lipinski definition) is 5. The first-order chi connectivity index (χ1) is 9.63. The zero-order valence-corrected chi connectivity index (χ0v) is 11.3. The number of amides is 1. The lowest BCUT2D eigenvalue weighted by Crippen LogP contribution is -2.30. The predicted molar refractivity (Wildman–Crippen MR) is 73.8 cm³/mol. The van der Waals surface area contributed by atoms with E-state index in [9.17, 15) is 4.79 Å². The predicted octanol–water partition coefficient (Wildman–Crippen LogP) is 0.662. The van der Waals surface area contributed by atoms with Crippen LogP contribution < -0.4 is 10.6 Å². The number of fused-ring (bicyclic) bond motifs is 1. The number of rotatable bonds is 2. The Bertz CT molecular complexity index is 650. The molecule has 0 radical (unpaired) electrons. The minimum Gasteiger partial charge on any atom is -0.399 e. The molecule has 0 atom stereocenters. The molecule has 20 heavy (non-hydrogen) atoms. The van der Waals surface area contributed by atoms with Gasteiger partial charge in [0.25, 0.3) is 0 Å². The largest absolute Gasteiger partial charge is 0.399 e. The summed E-state index contributed by atoms with van der Waals surface area (Å²) in [4.78, 5) is 15.4. The molecule has 1 amide bonds. The number of aromatic nitrogens is 4. The Morgan fingerprint density at radius 2 is 2.20 bits per heavy atom. The molecule has 2 N–H and O–H groups in total. The molecule has 0 bridgehead atoms. The van der Waals surface area contributed by atoms with Crippen LogP contribution in [0.3, 0.4) is 0 Å². The van der Waals surface area contributed by atoms with Gasteiger partial charge in [0, 0.05) is 17.8 Å². The lowest BCUT2D eigenvalue weighted by Gasteiger charge is -2.21. The van der Waals surface area contributed by atoms with Crippen LogP contribution in [0.1, 0.15) is 24.2 Å². The summed E-state index contributed by atoms with van der Waals surface area (Å²) in [6.07, 6.45) is 2.21. The van der Waals surface area contributed by atoms with Crippen molar-refractivity contribution in [3.8, 4) is 0 Å². The molecular formula is C13H16N6O. The number of hydrogen-bond donors (Lipinski definition) is 1. The Kier molecular flexibility index (Phi) is 3.09. The Labute approximate surface area is 116 Å². The van der Waals surface area contributed by atoms with E-state index in [1.165, 1.54) is 4.80 Å².